The Morgan fingerprint density at radius 3 is 2.57 bits per heavy atom. The summed E-state index contributed by atoms with van der Waals surface area (Å²) in [6, 6.07) is 10.7. The van der Waals surface area contributed by atoms with Crippen LogP contribution in [0.25, 0.3) is 0 Å². The van der Waals surface area contributed by atoms with E-state index >= 15 is 0 Å². The maximum atomic E-state index is 4.74. The molecule has 1 saturated carbocycles. The number of rotatable bonds is 9. The molecule has 154 valence electrons. The van der Waals surface area contributed by atoms with Gasteiger partial charge in [-0.3, -0.25) is 0 Å². The summed E-state index contributed by atoms with van der Waals surface area (Å²) in [6.07, 6.45) is 4.78. The summed E-state index contributed by atoms with van der Waals surface area (Å²) in [7, 11) is 1.98. The monoisotopic (exact) mass is 514 g/mol. The molecule has 0 spiro atoms. The van der Waals surface area contributed by atoms with Gasteiger partial charge in [-0.1, -0.05) is 31.5 Å². The maximum absolute atomic E-state index is 4.74. The molecular weight excluding hydrogens is 483 g/mol. The first-order valence-corrected chi connectivity index (χ1v) is 10.5. The van der Waals surface area contributed by atoms with Gasteiger partial charge in [0.1, 0.15) is 12.4 Å². The summed E-state index contributed by atoms with van der Waals surface area (Å²) < 4.78 is 2.27. The number of hydrogen-bond acceptors (Lipinski definition) is 4. The van der Waals surface area contributed by atoms with Gasteiger partial charge in [0.05, 0.1) is 0 Å². The topological polar surface area (TPSA) is 67.1 Å². The fourth-order valence-electron chi connectivity index (χ4n) is 2.73. The van der Waals surface area contributed by atoms with Crippen molar-refractivity contribution < 1.29 is 0 Å². The molecule has 0 amide bonds. The molecule has 0 unspecified atom stereocenters. The number of aliphatic imine (C=N–C) groups is 1. The molecule has 1 fully saturated rings. The Kier molecular flexibility index (Phi) is 9.07. The van der Waals surface area contributed by atoms with E-state index in [1.165, 1.54) is 17.7 Å². The van der Waals surface area contributed by atoms with Crippen molar-refractivity contribution in [1.29, 1.82) is 0 Å². The van der Waals surface area contributed by atoms with E-state index in [1.807, 2.05) is 30.3 Å². The molecule has 6 nitrogen and oxygen atoms in total. The van der Waals surface area contributed by atoms with Crippen LogP contribution in [-0.4, -0.2) is 38.6 Å². The number of hydrogen-bond donors (Lipinski definition) is 2. The number of thioether (sulfide) groups is 1. The summed E-state index contributed by atoms with van der Waals surface area (Å²) in [5.74, 6) is 2.65. The van der Waals surface area contributed by atoms with Gasteiger partial charge < -0.3 is 15.2 Å². The largest absolute Gasteiger partial charge is 0.356 e. The lowest BCUT2D eigenvalue weighted by atomic mass is 10.3. The summed E-state index contributed by atoms with van der Waals surface area (Å²) >= 11 is 1.98. The molecule has 1 aliphatic carbocycles. The zero-order valence-electron chi connectivity index (χ0n) is 16.9. The van der Waals surface area contributed by atoms with E-state index in [4.69, 9.17) is 4.99 Å². The molecule has 2 aromatic rings. The number of benzene rings is 1. The van der Waals surface area contributed by atoms with E-state index in [1.54, 1.807) is 0 Å². The Hall–Kier alpha value is -1.29. The van der Waals surface area contributed by atoms with Crippen LogP contribution in [0.2, 0.25) is 0 Å². The molecule has 3 rings (SSSR count). The Bertz CT molecular complexity index is 757. The molecule has 8 heteroatoms. The van der Waals surface area contributed by atoms with Gasteiger partial charge in [0.2, 0.25) is 0 Å². The normalized spacial score (nSPS) is 15.0. The summed E-state index contributed by atoms with van der Waals surface area (Å²) in [4.78, 5) is 6.08. The lowest BCUT2D eigenvalue weighted by molar-refractivity contribution is 0.707. The van der Waals surface area contributed by atoms with E-state index in [0.29, 0.717) is 6.54 Å². The summed E-state index contributed by atoms with van der Waals surface area (Å²) in [5.41, 5.74) is 0. The van der Waals surface area contributed by atoms with Crippen molar-refractivity contribution in [1.82, 2.24) is 25.4 Å². The van der Waals surface area contributed by atoms with E-state index in [9.17, 15) is 0 Å². The highest BCUT2D eigenvalue weighted by molar-refractivity contribution is 14.0. The van der Waals surface area contributed by atoms with Crippen LogP contribution in [0.1, 0.15) is 44.3 Å². The maximum Gasteiger partial charge on any atom is 0.191 e. The highest BCUT2D eigenvalue weighted by Crippen LogP contribution is 2.51. The number of nitrogens with zero attached hydrogens (tertiary/aromatic N) is 4. The van der Waals surface area contributed by atoms with E-state index < -0.39 is 0 Å². The number of unbranched alkanes of at least 4 members (excludes halogenated alkanes) is 1. The minimum absolute atomic E-state index is 0. The fraction of sp³-hybridized carbons (Fsp3) is 0.550. The van der Waals surface area contributed by atoms with Crippen molar-refractivity contribution in [3.8, 4) is 0 Å². The summed E-state index contributed by atoms with van der Waals surface area (Å²) in [5, 5.41) is 15.3. The van der Waals surface area contributed by atoms with Crippen LogP contribution in [0.3, 0.4) is 0 Å². The van der Waals surface area contributed by atoms with E-state index in [0.717, 1.165) is 43.5 Å². The Labute approximate surface area is 189 Å². The van der Waals surface area contributed by atoms with Crippen LogP contribution >= 0.6 is 35.7 Å². The number of nitrogens with one attached hydrogen (secondary N) is 2. The molecular formula is C20H31IN6S. The van der Waals surface area contributed by atoms with Crippen LogP contribution in [0.5, 0.6) is 0 Å². The first-order chi connectivity index (χ1) is 13.1. The Balaban J connectivity index is 0.00000280. The molecule has 0 aliphatic heterocycles. The van der Waals surface area contributed by atoms with Gasteiger partial charge in [0, 0.05) is 29.8 Å². The van der Waals surface area contributed by atoms with Crippen LogP contribution in [0, 0.1) is 6.92 Å². The Morgan fingerprint density at radius 2 is 1.96 bits per heavy atom. The number of halogens is 1. The minimum atomic E-state index is 0. The molecule has 1 aromatic heterocycles. The highest BCUT2D eigenvalue weighted by atomic mass is 127. The fourth-order valence-corrected chi connectivity index (χ4v) is 3.98. The average Bonchev–Trinajstić information content (AvgIpc) is 3.37. The van der Waals surface area contributed by atoms with Crippen LogP contribution in [-0.2, 0) is 13.6 Å². The third kappa shape index (κ3) is 6.65. The molecule has 0 radical (unpaired) electrons. The van der Waals surface area contributed by atoms with E-state index in [-0.39, 0.29) is 28.7 Å². The second-order valence-electron chi connectivity index (χ2n) is 7.12. The molecule has 28 heavy (non-hydrogen) atoms. The number of aryl methyl sites for hydroxylation is 1. The predicted molar refractivity (Wildman–Crippen MR) is 127 cm³/mol. The smallest absolute Gasteiger partial charge is 0.191 e. The van der Waals surface area contributed by atoms with E-state index in [2.05, 4.69) is 58.1 Å². The SMILES string of the molecule is CCCCNC(=NCc1nnc(C)n1C)NCC1(Sc2ccccc2)CC1.I. The van der Waals surface area contributed by atoms with Gasteiger partial charge in [-0.15, -0.1) is 45.9 Å². The highest BCUT2D eigenvalue weighted by Gasteiger charge is 2.43. The number of aromatic nitrogens is 3. The van der Waals surface area contributed by atoms with Crippen LogP contribution in [0.15, 0.2) is 40.2 Å². The lowest BCUT2D eigenvalue weighted by Gasteiger charge is -2.18. The quantitative estimate of drug-likeness (QED) is 0.230. The van der Waals surface area contributed by atoms with Gasteiger partial charge in [0.25, 0.3) is 0 Å². The van der Waals surface area contributed by atoms with Gasteiger partial charge in [-0.2, -0.15) is 0 Å². The first kappa shape index (κ1) is 23.0. The molecule has 0 atom stereocenters. The molecule has 1 aliphatic rings. The first-order valence-electron chi connectivity index (χ1n) is 9.73. The van der Waals surface area contributed by atoms with Crippen molar-refractivity contribution in [3.05, 3.63) is 42.0 Å². The van der Waals surface area contributed by atoms with Gasteiger partial charge in [-0.05, 0) is 38.3 Å². The van der Waals surface area contributed by atoms with Crippen molar-refractivity contribution in [2.75, 3.05) is 13.1 Å². The number of guanidine groups is 1. The van der Waals surface area contributed by atoms with Gasteiger partial charge in [-0.25, -0.2) is 4.99 Å². The van der Waals surface area contributed by atoms with Crippen molar-refractivity contribution in [3.63, 3.8) is 0 Å². The zero-order valence-corrected chi connectivity index (χ0v) is 20.1. The molecule has 0 bridgehead atoms. The van der Waals surface area contributed by atoms with Crippen molar-refractivity contribution >= 4 is 41.7 Å². The molecule has 0 saturated heterocycles. The second kappa shape index (κ2) is 11.0. The minimum Gasteiger partial charge on any atom is -0.356 e. The molecule has 1 aromatic carbocycles. The lowest BCUT2D eigenvalue weighted by Crippen LogP contribution is -2.41. The average molecular weight is 514 g/mol. The Morgan fingerprint density at radius 1 is 1.21 bits per heavy atom. The second-order valence-corrected chi connectivity index (χ2v) is 8.66. The zero-order chi connectivity index (χ0) is 19.1. The third-order valence-electron chi connectivity index (χ3n) is 4.85. The van der Waals surface area contributed by atoms with Gasteiger partial charge >= 0.3 is 0 Å². The standard InChI is InChI=1S/C20H30N6S.HI/c1-4-5-13-21-19(22-14-18-25-24-16(2)26(18)3)23-15-20(11-12-20)27-17-9-7-6-8-10-17;/h6-10H,4-5,11-15H2,1-3H3,(H2,21,22,23);1H. The van der Waals surface area contributed by atoms with Crippen LogP contribution < -0.4 is 10.6 Å². The predicted octanol–water partition coefficient (Wildman–Crippen LogP) is 3.90. The third-order valence-corrected chi connectivity index (χ3v) is 6.34. The molecule has 1 heterocycles. The van der Waals surface area contributed by atoms with Gasteiger partial charge in [0.15, 0.2) is 11.8 Å². The van der Waals surface area contributed by atoms with Crippen molar-refractivity contribution in [2.24, 2.45) is 12.0 Å². The molecule has 2 N–H and O–H groups in total. The summed E-state index contributed by atoms with van der Waals surface area (Å²) in [6.45, 7) is 6.53. The van der Waals surface area contributed by atoms with Crippen molar-refractivity contribution in [2.45, 2.75) is 55.7 Å². The van der Waals surface area contributed by atoms with Crippen LogP contribution in [0.4, 0.5) is 0 Å².